The van der Waals surface area contributed by atoms with Gasteiger partial charge in [0.15, 0.2) is 5.69 Å². The second kappa shape index (κ2) is 6.96. The molecule has 2 N–H and O–H groups in total. The average Bonchev–Trinajstić information content (AvgIpc) is 2.66. The van der Waals surface area contributed by atoms with E-state index in [4.69, 9.17) is 0 Å². The second-order valence-corrected chi connectivity index (χ2v) is 5.32. The van der Waals surface area contributed by atoms with Gasteiger partial charge < -0.3 is 10.1 Å². The van der Waals surface area contributed by atoms with Gasteiger partial charge in [0, 0.05) is 11.9 Å². The van der Waals surface area contributed by atoms with Crippen molar-refractivity contribution < 1.29 is 14.3 Å². The Hall–Kier alpha value is -3.48. The SMILES string of the molecule is COC(=O)c1ccc(CNC(=O)c2n[nH]c(=O)c3ccccc23)cc1. The summed E-state index contributed by atoms with van der Waals surface area (Å²) in [5.74, 6) is -0.816. The predicted octanol–water partition coefficient (Wildman–Crippen LogP) is 1.64. The van der Waals surface area contributed by atoms with Crippen molar-refractivity contribution in [1.82, 2.24) is 15.5 Å². The van der Waals surface area contributed by atoms with Gasteiger partial charge in [0.25, 0.3) is 11.5 Å². The van der Waals surface area contributed by atoms with Gasteiger partial charge in [-0.3, -0.25) is 9.59 Å². The fraction of sp³-hybridized carbons (Fsp3) is 0.111. The van der Waals surface area contributed by atoms with Crippen molar-refractivity contribution in [2.24, 2.45) is 0 Å². The Bertz CT molecular complexity index is 993. The summed E-state index contributed by atoms with van der Waals surface area (Å²) < 4.78 is 4.64. The number of amides is 1. The summed E-state index contributed by atoms with van der Waals surface area (Å²) in [5, 5.41) is 9.83. The minimum Gasteiger partial charge on any atom is -0.465 e. The molecule has 0 spiro atoms. The lowest BCUT2D eigenvalue weighted by atomic mass is 10.1. The number of methoxy groups -OCH3 is 1. The first-order valence-electron chi connectivity index (χ1n) is 7.53. The molecular weight excluding hydrogens is 322 g/mol. The first-order chi connectivity index (χ1) is 12.1. The summed E-state index contributed by atoms with van der Waals surface area (Å²) in [4.78, 5) is 35.6. The van der Waals surface area contributed by atoms with Crippen LogP contribution in [0.4, 0.5) is 0 Å². The van der Waals surface area contributed by atoms with Gasteiger partial charge in [-0.15, -0.1) is 0 Å². The predicted molar refractivity (Wildman–Crippen MR) is 91.3 cm³/mol. The smallest absolute Gasteiger partial charge is 0.337 e. The van der Waals surface area contributed by atoms with E-state index in [-0.39, 0.29) is 17.8 Å². The maximum atomic E-state index is 12.4. The molecule has 0 aliphatic heterocycles. The molecule has 1 amide bonds. The zero-order valence-electron chi connectivity index (χ0n) is 13.4. The first kappa shape index (κ1) is 16.4. The molecule has 7 heteroatoms. The largest absolute Gasteiger partial charge is 0.465 e. The van der Waals surface area contributed by atoms with Gasteiger partial charge in [-0.2, -0.15) is 5.10 Å². The summed E-state index contributed by atoms with van der Waals surface area (Å²) in [6.07, 6.45) is 0. The zero-order chi connectivity index (χ0) is 17.8. The van der Waals surface area contributed by atoms with E-state index in [2.05, 4.69) is 20.3 Å². The van der Waals surface area contributed by atoms with Crippen LogP contribution in [-0.4, -0.2) is 29.2 Å². The quantitative estimate of drug-likeness (QED) is 0.705. The lowest BCUT2D eigenvalue weighted by Crippen LogP contribution is -2.26. The van der Waals surface area contributed by atoms with Crippen LogP contribution in [0.5, 0.6) is 0 Å². The zero-order valence-corrected chi connectivity index (χ0v) is 13.4. The second-order valence-electron chi connectivity index (χ2n) is 5.32. The van der Waals surface area contributed by atoms with E-state index in [0.29, 0.717) is 16.3 Å². The number of hydrogen-bond donors (Lipinski definition) is 2. The molecule has 3 rings (SSSR count). The lowest BCUT2D eigenvalue weighted by Gasteiger charge is -2.07. The minimum atomic E-state index is -0.417. The molecule has 1 aromatic heterocycles. The Kier molecular flexibility index (Phi) is 4.56. The van der Waals surface area contributed by atoms with Gasteiger partial charge in [0.2, 0.25) is 0 Å². The number of fused-ring (bicyclic) bond motifs is 1. The Balaban J connectivity index is 1.76. The summed E-state index contributed by atoms with van der Waals surface area (Å²) >= 11 is 0. The van der Waals surface area contributed by atoms with Crippen LogP contribution in [0.25, 0.3) is 10.8 Å². The number of nitrogens with zero attached hydrogens (tertiary/aromatic N) is 1. The lowest BCUT2D eigenvalue weighted by molar-refractivity contribution is 0.0600. The van der Waals surface area contributed by atoms with E-state index < -0.39 is 11.9 Å². The number of H-pyrrole nitrogens is 1. The molecule has 0 atom stereocenters. The van der Waals surface area contributed by atoms with Crippen LogP contribution in [0.3, 0.4) is 0 Å². The van der Waals surface area contributed by atoms with Crippen LogP contribution < -0.4 is 10.9 Å². The number of rotatable bonds is 4. The molecule has 0 saturated heterocycles. The van der Waals surface area contributed by atoms with Crippen LogP contribution in [0, 0.1) is 0 Å². The number of aromatic nitrogens is 2. The maximum Gasteiger partial charge on any atom is 0.337 e. The summed E-state index contributed by atoms with van der Waals surface area (Å²) in [6.45, 7) is 0.259. The fourth-order valence-corrected chi connectivity index (χ4v) is 2.43. The number of carbonyl (C=O) groups excluding carboxylic acids is 2. The Morgan fingerprint density at radius 1 is 1.08 bits per heavy atom. The highest BCUT2D eigenvalue weighted by Crippen LogP contribution is 2.12. The minimum absolute atomic E-state index is 0.154. The van der Waals surface area contributed by atoms with Gasteiger partial charge in [-0.05, 0) is 23.8 Å². The molecule has 0 bridgehead atoms. The molecule has 0 aliphatic carbocycles. The molecule has 3 aromatic rings. The molecule has 0 saturated carbocycles. The van der Waals surface area contributed by atoms with Gasteiger partial charge >= 0.3 is 5.97 Å². The highest BCUT2D eigenvalue weighted by molar-refractivity contribution is 6.04. The van der Waals surface area contributed by atoms with Crippen LogP contribution in [0.2, 0.25) is 0 Å². The molecule has 0 radical (unpaired) electrons. The van der Waals surface area contributed by atoms with Crippen molar-refractivity contribution >= 4 is 22.6 Å². The van der Waals surface area contributed by atoms with E-state index in [9.17, 15) is 14.4 Å². The number of benzene rings is 2. The highest BCUT2D eigenvalue weighted by Gasteiger charge is 2.13. The Morgan fingerprint density at radius 3 is 2.44 bits per heavy atom. The molecular formula is C18H15N3O4. The van der Waals surface area contributed by atoms with Crippen LogP contribution >= 0.6 is 0 Å². The van der Waals surface area contributed by atoms with Crippen molar-refractivity contribution in [3.63, 3.8) is 0 Å². The summed E-state index contributed by atoms with van der Waals surface area (Å²) in [5.41, 5.74) is 1.06. The van der Waals surface area contributed by atoms with Crippen LogP contribution in [0.1, 0.15) is 26.4 Å². The van der Waals surface area contributed by atoms with Crippen molar-refractivity contribution in [1.29, 1.82) is 0 Å². The van der Waals surface area contributed by atoms with Crippen molar-refractivity contribution in [2.45, 2.75) is 6.54 Å². The third-order valence-corrected chi connectivity index (χ3v) is 3.74. The molecule has 0 fully saturated rings. The molecule has 0 aliphatic rings. The van der Waals surface area contributed by atoms with Crippen molar-refractivity contribution in [3.05, 3.63) is 75.7 Å². The van der Waals surface area contributed by atoms with E-state index in [0.717, 1.165) is 5.56 Å². The van der Waals surface area contributed by atoms with Crippen LogP contribution in [-0.2, 0) is 11.3 Å². The average molecular weight is 337 g/mol. The maximum absolute atomic E-state index is 12.4. The van der Waals surface area contributed by atoms with Crippen molar-refractivity contribution in [3.8, 4) is 0 Å². The summed E-state index contributed by atoms with van der Waals surface area (Å²) in [7, 11) is 1.32. The number of aromatic amines is 1. The monoisotopic (exact) mass is 337 g/mol. The molecule has 7 nitrogen and oxygen atoms in total. The standard InChI is InChI=1S/C18H15N3O4/c1-25-18(24)12-8-6-11(7-9-12)10-19-17(23)15-13-4-2-3-5-14(13)16(22)21-20-15/h2-9H,10H2,1H3,(H,19,23)(H,21,22). The van der Waals surface area contributed by atoms with Crippen molar-refractivity contribution in [2.75, 3.05) is 7.11 Å². The number of ether oxygens (including phenoxy) is 1. The van der Waals surface area contributed by atoms with Gasteiger partial charge in [-0.25, -0.2) is 9.89 Å². The first-order valence-corrected chi connectivity index (χ1v) is 7.53. The molecule has 2 aromatic carbocycles. The van der Waals surface area contributed by atoms with E-state index in [1.54, 1.807) is 48.5 Å². The topological polar surface area (TPSA) is 101 Å². The third kappa shape index (κ3) is 3.40. The third-order valence-electron chi connectivity index (χ3n) is 3.74. The van der Waals surface area contributed by atoms with Gasteiger partial charge in [0.05, 0.1) is 18.1 Å². The highest BCUT2D eigenvalue weighted by atomic mass is 16.5. The number of nitrogens with one attached hydrogen (secondary N) is 2. The molecule has 1 heterocycles. The van der Waals surface area contributed by atoms with Gasteiger partial charge in [-0.1, -0.05) is 30.3 Å². The molecule has 126 valence electrons. The van der Waals surface area contributed by atoms with Crippen LogP contribution in [0.15, 0.2) is 53.3 Å². The van der Waals surface area contributed by atoms with E-state index in [1.165, 1.54) is 7.11 Å². The normalized spacial score (nSPS) is 10.4. The van der Waals surface area contributed by atoms with Gasteiger partial charge in [0.1, 0.15) is 0 Å². The molecule has 25 heavy (non-hydrogen) atoms. The Labute approximate surface area is 142 Å². The fourth-order valence-electron chi connectivity index (χ4n) is 2.43. The summed E-state index contributed by atoms with van der Waals surface area (Å²) in [6, 6.07) is 13.5. The Morgan fingerprint density at radius 2 is 1.76 bits per heavy atom. The number of hydrogen-bond acceptors (Lipinski definition) is 5. The number of esters is 1. The van der Waals surface area contributed by atoms with E-state index in [1.807, 2.05) is 0 Å². The van der Waals surface area contributed by atoms with E-state index >= 15 is 0 Å². The molecule has 0 unspecified atom stereocenters. The number of carbonyl (C=O) groups is 2.